The lowest BCUT2D eigenvalue weighted by atomic mass is 10.6. The van der Waals surface area contributed by atoms with Gasteiger partial charge in [0.05, 0.1) is 6.54 Å². The van der Waals surface area contributed by atoms with Crippen LogP contribution in [0.15, 0.2) is 0 Å². The fourth-order valence-electron chi connectivity index (χ4n) is 0.646. The van der Waals surface area contributed by atoms with Gasteiger partial charge in [0.15, 0.2) is 11.6 Å². The first-order valence-electron chi connectivity index (χ1n) is 3.36. The van der Waals surface area contributed by atoms with Crippen molar-refractivity contribution >= 4 is 0 Å². The molecule has 11 heavy (non-hydrogen) atoms. The summed E-state index contributed by atoms with van der Waals surface area (Å²) in [6, 6.07) is 0. The second-order valence-electron chi connectivity index (χ2n) is 2.60. The van der Waals surface area contributed by atoms with Crippen LogP contribution < -0.4 is 0 Å². The zero-order valence-electron chi connectivity index (χ0n) is 6.94. The van der Waals surface area contributed by atoms with Gasteiger partial charge in [0.2, 0.25) is 0 Å². The lowest BCUT2D eigenvalue weighted by molar-refractivity contribution is 0.383. The number of aryl methyl sites for hydroxylation is 1. The van der Waals surface area contributed by atoms with E-state index < -0.39 is 0 Å². The normalized spacial score (nSPS) is 10.5. The third-order valence-electron chi connectivity index (χ3n) is 1.08. The molecule has 5 heteroatoms. The Labute approximate surface area is 65.5 Å². The topological polar surface area (TPSA) is 54.8 Å². The molecule has 0 aliphatic rings. The fourth-order valence-corrected chi connectivity index (χ4v) is 0.646. The average molecular weight is 153 g/mol. The van der Waals surface area contributed by atoms with E-state index in [4.69, 9.17) is 0 Å². The molecule has 0 aliphatic heterocycles. The zero-order chi connectivity index (χ0) is 8.27. The quantitative estimate of drug-likeness (QED) is 0.580. The second kappa shape index (κ2) is 3.34. The minimum absolute atomic E-state index is 0.604. The molecule has 1 rings (SSSR count). The molecule has 0 spiro atoms. The summed E-state index contributed by atoms with van der Waals surface area (Å²) in [7, 11) is 3.90. The van der Waals surface area contributed by atoms with Gasteiger partial charge >= 0.3 is 0 Å². The zero-order valence-corrected chi connectivity index (χ0v) is 6.94. The first-order chi connectivity index (χ1) is 5.18. The van der Waals surface area contributed by atoms with Gasteiger partial charge in [-0.15, -0.1) is 20.4 Å². The maximum Gasteiger partial charge on any atom is 0.187 e. The van der Waals surface area contributed by atoms with E-state index in [-0.39, 0.29) is 0 Å². The van der Waals surface area contributed by atoms with Crippen LogP contribution in [-0.2, 0) is 6.54 Å². The van der Waals surface area contributed by atoms with E-state index in [0.29, 0.717) is 18.2 Å². The molecule has 0 amide bonds. The predicted molar refractivity (Wildman–Crippen MR) is 39.8 cm³/mol. The molecule has 1 heterocycles. The van der Waals surface area contributed by atoms with Gasteiger partial charge in [-0.05, 0) is 21.0 Å². The largest absolute Gasteiger partial charge is 0.302 e. The van der Waals surface area contributed by atoms with Crippen LogP contribution in [0.4, 0.5) is 0 Å². The molecule has 0 fully saturated rings. The standard InChI is InChI=1S/C6H11N5/c1-5-7-9-6(10-8-5)4-11(2)3/h4H2,1-3H3. The molecule has 1 aromatic heterocycles. The first-order valence-corrected chi connectivity index (χ1v) is 3.36. The summed E-state index contributed by atoms with van der Waals surface area (Å²) in [5.74, 6) is 1.26. The van der Waals surface area contributed by atoms with Crippen LogP contribution in [-0.4, -0.2) is 39.4 Å². The lowest BCUT2D eigenvalue weighted by Crippen LogP contribution is -2.15. The smallest absolute Gasteiger partial charge is 0.187 e. The maximum atomic E-state index is 3.85. The minimum atomic E-state index is 0.604. The molecule has 0 saturated heterocycles. The van der Waals surface area contributed by atoms with Crippen molar-refractivity contribution in [2.45, 2.75) is 13.5 Å². The number of hydrogen-bond acceptors (Lipinski definition) is 5. The molecule has 0 aromatic carbocycles. The third-order valence-corrected chi connectivity index (χ3v) is 1.08. The number of aromatic nitrogens is 4. The Kier molecular flexibility index (Phi) is 2.43. The van der Waals surface area contributed by atoms with E-state index in [9.17, 15) is 0 Å². The van der Waals surface area contributed by atoms with Gasteiger partial charge in [0, 0.05) is 0 Å². The Morgan fingerprint density at radius 3 is 2.09 bits per heavy atom. The van der Waals surface area contributed by atoms with Gasteiger partial charge in [0.25, 0.3) is 0 Å². The summed E-state index contributed by atoms with van der Waals surface area (Å²) >= 11 is 0. The molecule has 0 saturated carbocycles. The molecule has 0 radical (unpaired) electrons. The van der Waals surface area contributed by atoms with Gasteiger partial charge in [-0.2, -0.15) is 0 Å². The molecule has 1 aromatic rings. The number of nitrogens with zero attached hydrogens (tertiary/aromatic N) is 5. The van der Waals surface area contributed by atoms with Crippen molar-refractivity contribution in [3.63, 3.8) is 0 Å². The summed E-state index contributed by atoms with van der Waals surface area (Å²) in [6.07, 6.45) is 0. The van der Waals surface area contributed by atoms with Crippen LogP contribution >= 0.6 is 0 Å². The maximum absolute atomic E-state index is 3.85. The summed E-state index contributed by atoms with van der Waals surface area (Å²) < 4.78 is 0. The molecular weight excluding hydrogens is 142 g/mol. The molecule has 0 unspecified atom stereocenters. The Morgan fingerprint density at radius 1 is 1.09 bits per heavy atom. The fraction of sp³-hybridized carbons (Fsp3) is 0.667. The van der Waals surface area contributed by atoms with Gasteiger partial charge in [-0.3, -0.25) is 0 Å². The summed E-state index contributed by atoms with van der Waals surface area (Å²) in [5, 5.41) is 15.3. The van der Waals surface area contributed by atoms with Gasteiger partial charge in [-0.25, -0.2) is 0 Å². The minimum Gasteiger partial charge on any atom is -0.302 e. The number of hydrogen-bond donors (Lipinski definition) is 0. The van der Waals surface area contributed by atoms with Crippen molar-refractivity contribution in [3.8, 4) is 0 Å². The van der Waals surface area contributed by atoms with Crippen LogP contribution in [0.2, 0.25) is 0 Å². The van der Waals surface area contributed by atoms with Crippen LogP contribution in [0.25, 0.3) is 0 Å². The number of rotatable bonds is 2. The van der Waals surface area contributed by atoms with Crippen molar-refractivity contribution in [1.82, 2.24) is 25.3 Å². The average Bonchev–Trinajstić information content (AvgIpc) is 1.93. The van der Waals surface area contributed by atoms with Crippen molar-refractivity contribution in [3.05, 3.63) is 11.6 Å². The molecule has 0 aliphatic carbocycles. The molecule has 5 nitrogen and oxygen atoms in total. The first kappa shape index (κ1) is 8.00. The molecule has 60 valence electrons. The van der Waals surface area contributed by atoms with Crippen molar-refractivity contribution < 1.29 is 0 Å². The van der Waals surface area contributed by atoms with E-state index in [1.54, 1.807) is 6.92 Å². The molecule has 0 bridgehead atoms. The van der Waals surface area contributed by atoms with E-state index in [0.717, 1.165) is 0 Å². The predicted octanol–water partition coefficient (Wildman–Crippen LogP) is -0.363. The summed E-state index contributed by atoms with van der Waals surface area (Å²) in [6.45, 7) is 2.44. The Balaban J connectivity index is 2.66. The lowest BCUT2D eigenvalue weighted by Gasteiger charge is -2.05. The second-order valence-corrected chi connectivity index (χ2v) is 2.60. The van der Waals surface area contributed by atoms with Crippen molar-refractivity contribution in [2.24, 2.45) is 0 Å². The Hall–Kier alpha value is -1.10. The van der Waals surface area contributed by atoms with E-state index >= 15 is 0 Å². The monoisotopic (exact) mass is 153 g/mol. The highest BCUT2D eigenvalue weighted by atomic mass is 15.3. The van der Waals surface area contributed by atoms with E-state index in [1.165, 1.54) is 0 Å². The van der Waals surface area contributed by atoms with Crippen LogP contribution in [0.5, 0.6) is 0 Å². The highest BCUT2D eigenvalue weighted by Crippen LogP contribution is 1.88. The molecule has 0 atom stereocenters. The SMILES string of the molecule is Cc1nnc(CN(C)C)nn1. The molecule has 0 N–H and O–H groups in total. The van der Waals surface area contributed by atoms with Crippen LogP contribution in [0.1, 0.15) is 11.6 Å². The van der Waals surface area contributed by atoms with Gasteiger partial charge < -0.3 is 4.90 Å². The van der Waals surface area contributed by atoms with Crippen molar-refractivity contribution in [1.29, 1.82) is 0 Å². The van der Waals surface area contributed by atoms with Crippen LogP contribution in [0.3, 0.4) is 0 Å². The highest BCUT2D eigenvalue weighted by molar-refractivity contribution is 4.78. The third kappa shape index (κ3) is 2.55. The molecular formula is C6H11N5. The van der Waals surface area contributed by atoms with E-state index in [2.05, 4.69) is 20.4 Å². The summed E-state index contributed by atoms with van der Waals surface area (Å²) in [4.78, 5) is 1.97. The van der Waals surface area contributed by atoms with E-state index in [1.807, 2.05) is 19.0 Å². The summed E-state index contributed by atoms with van der Waals surface area (Å²) in [5.41, 5.74) is 0. The van der Waals surface area contributed by atoms with Gasteiger partial charge in [-0.1, -0.05) is 0 Å². The highest BCUT2D eigenvalue weighted by Gasteiger charge is 1.98. The van der Waals surface area contributed by atoms with Crippen LogP contribution in [0, 0.1) is 6.92 Å². The Morgan fingerprint density at radius 2 is 1.64 bits per heavy atom. The van der Waals surface area contributed by atoms with Crippen molar-refractivity contribution in [2.75, 3.05) is 14.1 Å². The Bertz CT molecular complexity index is 217. The van der Waals surface area contributed by atoms with Gasteiger partial charge in [0.1, 0.15) is 0 Å².